The predicted octanol–water partition coefficient (Wildman–Crippen LogP) is 3.80. The lowest BCUT2D eigenvalue weighted by atomic mass is 10.2. The second kappa shape index (κ2) is 10.9. The van der Waals surface area contributed by atoms with Crippen LogP contribution in [0, 0.1) is 18.3 Å². The van der Waals surface area contributed by atoms with Gasteiger partial charge < -0.3 is 14.0 Å². The highest BCUT2D eigenvalue weighted by Gasteiger charge is 2.17. The van der Waals surface area contributed by atoms with Crippen LogP contribution in [-0.4, -0.2) is 26.7 Å². The van der Waals surface area contributed by atoms with E-state index in [1.807, 2.05) is 13.0 Å². The number of amides is 1. The van der Waals surface area contributed by atoms with Gasteiger partial charge in [0.25, 0.3) is 11.5 Å². The molecule has 0 spiro atoms. The van der Waals surface area contributed by atoms with Crippen molar-refractivity contribution in [3.8, 4) is 6.07 Å². The topological polar surface area (TPSA) is 111 Å². The Morgan fingerprint density at radius 2 is 2.11 bits per heavy atom. The van der Waals surface area contributed by atoms with E-state index in [4.69, 9.17) is 14.5 Å². The summed E-state index contributed by atoms with van der Waals surface area (Å²) in [7, 11) is 0. The van der Waals surface area contributed by atoms with Crippen molar-refractivity contribution in [2.45, 2.75) is 46.1 Å². The molecule has 0 aromatic carbocycles. The fraction of sp³-hybridized carbons (Fsp3) is 0.296. The van der Waals surface area contributed by atoms with E-state index in [9.17, 15) is 14.9 Å². The van der Waals surface area contributed by atoms with Gasteiger partial charge in [0, 0.05) is 12.7 Å². The maximum atomic E-state index is 13.3. The van der Waals surface area contributed by atoms with Crippen LogP contribution in [0.25, 0.3) is 16.7 Å². The summed E-state index contributed by atoms with van der Waals surface area (Å²) in [6.45, 7) is 8.13. The third-order valence-electron chi connectivity index (χ3n) is 5.84. The fourth-order valence-corrected chi connectivity index (χ4v) is 4.06. The first-order valence-electron chi connectivity index (χ1n) is 11.8. The number of hydrogen-bond acceptors (Lipinski definition) is 6. The SMILES string of the molecule is C=C/C=C1\OCO\C1=C/CC(=O)N=c1c(C#N)cc2c(=O)n3cccc(C)c3nc2n1CCCCC. The largest absolute Gasteiger partial charge is 0.454 e. The zero-order chi connectivity index (χ0) is 25.7. The van der Waals surface area contributed by atoms with E-state index in [1.54, 1.807) is 35.1 Å². The summed E-state index contributed by atoms with van der Waals surface area (Å²) in [5.74, 6) is 0.456. The smallest absolute Gasteiger partial charge is 0.267 e. The number of nitrogens with zero attached hydrogens (tertiary/aromatic N) is 5. The number of pyridine rings is 2. The normalized spacial score (nSPS) is 15.9. The van der Waals surface area contributed by atoms with Crippen molar-refractivity contribution in [3.63, 3.8) is 0 Å². The van der Waals surface area contributed by atoms with Gasteiger partial charge in [0.1, 0.15) is 17.4 Å². The van der Waals surface area contributed by atoms with Gasteiger partial charge in [-0.3, -0.25) is 14.0 Å². The van der Waals surface area contributed by atoms with E-state index in [-0.39, 0.29) is 29.8 Å². The zero-order valence-electron chi connectivity index (χ0n) is 20.4. The molecule has 1 aliphatic rings. The van der Waals surface area contributed by atoms with Crippen molar-refractivity contribution in [3.05, 3.63) is 87.7 Å². The van der Waals surface area contributed by atoms with E-state index in [0.717, 1.165) is 24.8 Å². The molecule has 0 unspecified atom stereocenters. The molecule has 9 nitrogen and oxygen atoms in total. The molecule has 36 heavy (non-hydrogen) atoms. The Kier molecular flexibility index (Phi) is 7.44. The molecule has 1 fully saturated rings. The third kappa shape index (κ3) is 4.84. The van der Waals surface area contributed by atoms with Crippen LogP contribution in [0.2, 0.25) is 0 Å². The van der Waals surface area contributed by atoms with Crippen molar-refractivity contribution in [1.82, 2.24) is 14.0 Å². The number of unbranched alkanes of at least 4 members (excludes halogenated alkanes) is 2. The average Bonchev–Trinajstić information content (AvgIpc) is 3.32. The number of rotatable bonds is 7. The van der Waals surface area contributed by atoms with Gasteiger partial charge >= 0.3 is 0 Å². The van der Waals surface area contributed by atoms with Crippen molar-refractivity contribution in [2.75, 3.05) is 6.79 Å². The quantitative estimate of drug-likeness (QED) is 0.372. The van der Waals surface area contributed by atoms with Gasteiger partial charge in [-0.15, -0.1) is 0 Å². The monoisotopic (exact) mass is 485 g/mol. The van der Waals surface area contributed by atoms with Crippen LogP contribution in [0.3, 0.4) is 0 Å². The van der Waals surface area contributed by atoms with E-state index in [1.165, 1.54) is 10.5 Å². The van der Waals surface area contributed by atoms with Gasteiger partial charge in [-0.05, 0) is 43.2 Å². The molecular formula is C27H27N5O4. The molecule has 0 atom stereocenters. The first-order chi connectivity index (χ1) is 17.5. The fourth-order valence-electron chi connectivity index (χ4n) is 4.06. The minimum absolute atomic E-state index is 0.0576. The molecule has 3 aromatic heterocycles. The second-order valence-corrected chi connectivity index (χ2v) is 8.34. The van der Waals surface area contributed by atoms with Crippen molar-refractivity contribution in [2.24, 2.45) is 4.99 Å². The molecule has 0 radical (unpaired) electrons. The molecule has 0 saturated carbocycles. The Bertz CT molecular complexity index is 1580. The van der Waals surface area contributed by atoms with Gasteiger partial charge in [0.05, 0.1) is 17.4 Å². The summed E-state index contributed by atoms with van der Waals surface area (Å²) in [5, 5.41) is 10.2. The van der Waals surface area contributed by atoms with Crippen LogP contribution in [-0.2, 0) is 20.8 Å². The van der Waals surface area contributed by atoms with E-state index >= 15 is 0 Å². The Morgan fingerprint density at radius 3 is 2.86 bits per heavy atom. The summed E-state index contributed by atoms with van der Waals surface area (Å²) in [6.07, 6.45) is 9.10. The lowest BCUT2D eigenvalue weighted by Crippen LogP contribution is -2.29. The highest BCUT2D eigenvalue weighted by molar-refractivity contribution is 5.81. The van der Waals surface area contributed by atoms with Crippen LogP contribution in [0.1, 0.15) is 43.7 Å². The molecular weight excluding hydrogens is 458 g/mol. The molecule has 1 saturated heterocycles. The number of ether oxygens (including phenoxy) is 2. The number of nitriles is 1. The number of hydrogen-bond donors (Lipinski definition) is 0. The highest BCUT2D eigenvalue weighted by atomic mass is 16.7. The molecule has 9 heteroatoms. The zero-order valence-corrected chi connectivity index (χ0v) is 20.4. The lowest BCUT2D eigenvalue weighted by molar-refractivity contribution is -0.117. The minimum Gasteiger partial charge on any atom is -0.454 e. The Hall–Kier alpha value is -4.45. The number of carbonyl (C=O) groups is 1. The van der Waals surface area contributed by atoms with Crippen LogP contribution in [0.5, 0.6) is 0 Å². The summed E-state index contributed by atoms with van der Waals surface area (Å²) in [5.41, 5.74) is 1.81. The maximum Gasteiger partial charge on any atom is 0.267 e. The summed E-state index contributed by atoms with van der Waals surface area (Å²) in [4.78, 5) is 35.3. The Balaban J connectivity index is 1.90. The molecule has 0 N–H and O–H groups in total. The minimum atomic E-state index is -0.468. The molecule has 3 aromatic rings. The predicted molar refractivity (Wildman–Crippen MR) is 135 cm³/mol. The summed E-state index contributed by atoms with van der Waals surface area (Å²) in [6, 6.07) is 7.24. The molecule has 4 rings (SSSR count). The van der Waals surface area contributed by atoms with Crippen LogP contribution < -0.4 is 11.0 Å². The number of aryl methyl sites for hydroxylation is 2. The lowest BCUT2D eigenvalue weighted by Gasteiger charge is -2.14. The molecule has 1 amide bonds. The van der Waals surface area contributed by atoms with E-state index in [2.05, 4.69) is 24.6 Å². The molecule has 4 heterocycles. The molecule has 184 valence electrons. The van der Waals surface area contributed by atoms with E-state index in [0.29, 0.717) is 34.7 Å². The number of carbonyl (C=O) groups excluding carboxylic acids is 1. The molecule has 1 aliphatic heterocycles. The van der Waals surface area contributed by atoms with Crippen molar-refractivity contribution < 1.29 is 14.3 Å². The van der Waals surface area contributed by atoms with Gasteiger partial charge in [0.2, 0.25) is 6.79 Å². The van der Waals surface area contributed by atoms with Gasteiger partial charge in [-0.1, -0.05) is 38.5 Å². The maximum absolute atomic E-state index is 13.3. The van der Waals surface area contributed by atoms with Gasteiger partial charge in [-0.25, -0.2) is 4.98 Å². The summed E-state index contributed by atoms with van der Waals surface area (Å²) >= 11 is 0. The average molecular weight is 486 g/mol. The first-order valence-corrected chi connectivity index (χ1v) is 11.8. The Morgan fingerprint density at radius 1 is 1.31 bits per heavy atom. The van der Waals surface area contributed by atoms with Crippen molar-refractivity contribution in [1.29, 1.82) is 5.26 Å². The van der Waals surface area contributed by atoms with Gasteiger partial charge in [0.15, 0.2) is 17.0 Å². The number of allylic oxidation sites excluding steroid dienone is 2. The van der Waals surface area contributed by atoms with Crippen LogP contribution in [0.4, 0.5) is 0 Å². The first kappa shape index (κ1) is 24.7. The van der Waals surface area contributed by atoms with Crippen LogP contribution >= 0.6 is 0 Å². The summed E-state index contributed by atoms with van der Waals surface area (Å²) < 4.78 is 13.9. The van der Waals surface area contributed by atoms with Crippen molar-refractivity contribution >= 4 is 22.6 Å². The second-order valence-electron chi connectivity index (χ2n) is 8.34. The molecule has 0 bridgehead atoms. The third-order valence-corrected chi connectivity index (χ3v) is 5.84. The van der Waals surface area contributed by atoms with Gasteiger partial charge in [-0.2, -0.15) is 10.3 Å². The highest BCUT2D eigenvalue weighted by Crippen LogP contribution is 2.21. The molecule has 0 aliphatic carbocycles. The number of fused-ring (bicyclic) bond motifs is 2. The Labute approximate surface area is 207 Å². The van der Waals surface area contributed by atoms with E-state index < -0.39 is 5.91 Å². The standard InChI is InChI=1S/C27H27N5O4/c1-4-6-7-13-31-25(29-23(33)12-11-22-21(9-5-2)35-17-36-22)19(16-28)15-20-26(31)30-24-18(3)10-8-14-32(24)27(20)34/h5,8-11,14-15H,2,4,6-7,12-13,17H2,1,3H3/b21-9-,22-11-,29-25?. The van der Waals surface area contributed by atoms with Crippen LogP contribution in [0.15, 0.2) is 70.5 Å². The number of aromatic nitrogens is 3.